The first-order valence-electron chi connectivity index (χ1n) is 8.59. The number of amides is 2. The van der Waals surface area contributed by atoms with Crippen molar-refractivity contribution in [2.75, 3.05) is 32.1 Å². The number of nitrogens with zero attached hydrogens (tertiary/aromatic N) is 3. The number of urea groups is 1. The molecule has 6 nitrogen and oxygen atoms in total. The molecule has 2 rings (SSSR count). The Labute approximate surface area is 144 Å². The Balaban J connectivity index is 1.98. The van der Waals surface area contributed by atoms with Crippen molar-refractivity contribution in [3.05, 3.63) is 24.0 Å². The van der Waals surface area contributed by atoms with E-state index in [1.54, 1.807) is 6.20 Å². The van der Waals surface area contributed by atoms with Gasteiger partial charge in [0.15, 0.2) is 0 Å². The molecule has 2 amide bonds. The Morgan fingerprint density at radius 3 is 2.71 bits per heavy atom. The summed E-state index contributed by atoms with van der Waals surface area (Å²) < 4.78 is 0. The fourth-order valence-corrected chi connectivity index (χ4v) is 3.23. The van der Waals surface area contributed by atoms with Crippen molar-refractivity contribution in [1.82, 2.24) is 14.8 Å². The van der Waals surface area contributed by atoms with Gasteiger partial charge in [-0.3, -0.25) is 9.88 Å². The number of aliphatic hydroxyl groups excluding tert-OH is 1. The van der Waals surface area contributed by atoms with Crippen molar-refractivity contribution >= 4 is 11.7 Å². The molecule has 1 aromatic rings. The van der Waals surface area contributed by atoms with Crippen LogP contribution in [0.1, 0.15) is 39.8 Å². The maximum absolute atomic E-state index is 12.6. The second-order valence-corrected chi connectivity index (χ2v) is 7.61. The molecule has 0 aromatic carbocycles. The first-order valence-corrected chi connectivity index (χ1v) is 8.59. The maximum Gasteiger partial charge on any atom is 0.322 e. The van der Waals surface area contributed by atoms with Gasteiger partial charge in [0.2, 0.25) is 0 Å². The highest BCUT2D eigenvalue weighted by molar-refractivity contribution is 5.89. The Hall–Kier alpha value is -1.66. The molecule has 2 atom stereocenters. The van der Waals surface area contributed by atoms with Gasteiger partial charge >= 0.3 is 6.03 Å². The average molecular weight is 334 g/mol. The van der Waals surface area contributed by atoms with E-state index in [9.17, 15) is 4.79 Å². The molecule has 1 fully saturated rings. The molecule has 0 radical (unpaired) electrons. The molecule has 0 aliphatic carbocycles. The van der Waals surface area contributed by atoms with Crippen LogP contribution in [0.4, 0.5) is 10.5 Å². The van der Waals surface area contributed by atoms with Crippen LogP contribution in [0.3, 0.4) is 0 Å². The maximum atomic E-state index is 12.6. The van der Waals surface area contributed by atoms with Crippen LogP contribution in [-0.2, 0) is 5.41 Å². The zero-order valence-electron chi connectivity index (χ0n) is 15.4. The predicted molar refractivity (Wildman–Crippen MR) is 96.2 cm³/mol. The molecular formula is C18H30N4O2. The third-order valence-electron chi connectivity index (χ3n) is 4.78. The van der Waals surface area contributed by atoms with Gasteiger partial charge in [0, 0.05) is 36.3 Å². The molecule has 0 bridgehead atoms. The summed E-state index contributed by atoms with van der Waals surface area (Å²) in [5, 5.41) is 12.0. The predicted octanol–water partition coefficient (Wildman–Crippen LogP) is 2.30. The number of likely N-dealkylation sites (tertiary alicyclic amines) is 1. The first kappa shape index (κ1) is 18.7. The zero-order chi connectivity index (χ0) is 17.9. The Bertz CT molecular complexity index is 553. The fraction of sp³-hybridized carbons (Fsp3) is 0.667. The second kappa shape index (κ2) is 7.49. The van der Waals surface area contributed by atoms with Gasteiger partial charge in [-0.15, -0.1) is 0 Å². The Morgan fingerprint density at radius 1 is 1.46 bits per heavy atom. The third-order valence-corrected chi connectivity index (χ3v) is 4.78. The van der Waals surface area contributed by atoms with E-state index in [-0.39, 0.29) is 30.1 Å². The molecular weight excluding hydrogens is 304 g/mol. The summed E-state index contributed by atoms with van der Waals surface area (Å²) in [6.45, 7) is 9.89. The van der Waals surface area contributed by atoms with Gasteiger partial charge < -0.3 is 15.3 Å². The monoisotopic (exact) mass is 334 g/mol. The van der Waals surface area contributed by atoms with Gasteiger partial charge in [0.25, 0.3) is 0 Å². The lowest BCUT2D eigenvalue weighted by atomic mass is 9.92. The number of aromatic nitrogens is 1. The van der Waals surface area contributed by atoms with Gasteiger partial charge in [0.1, 0.15) is 0 Å². The second-order valence-electron chi connectivity index (χ2n) is 7.61. The van der Waals surface area contributed by atoms with E-state index >= 15 is 0 Å². The number of rotatable bonds is 4. The molecule has 134 valence electrons. The molecule has 1 saturated heterocycles. The lowest BCUT2D eigenvalue weighted by Gasteiger charge is -2.30. The van der Waals surface area contributed by atoms with E-state index in [2.05, 4.69) is 42.9 Å². The minimum atomic E-state index is -0.0901. The van der Waals surface area contributed by atoms with E-state index < -0.39 is 0 Å². The van der Waals surface area contributed by atoms with Crippen LogP contribution >= 0.6 is 0 Å². The summed E-state index contributed by atoms with van der Waals surface area (Å²) in [6.07, 6.45) is 2.64. The molecule has 6 heteroatoms. The van der Waals surface area contributed by atoms with Crippen molar-refractivity contribution in [1.29, 1.82) is 0 Å². The third kappa shape index (κ3) is 4.24. The first-order chi connectivity index (χ1) is 11.2. The van der Waals surface area contributed by atoms with Crippen molar-refractivity contribution < 1.29 is 9.90 Å². The number of pyridine rings is 1. The van der Waals surface area contributed by atoms with Crippen LogP contribution in [0, 0.1) is 0 Å². The highest BCUT2D eigenvalue weighted by Crippen LogP contribution is 2.24. The highest BCUT2D eigenvalue weighted by Gasteiger charge is 2.35. The van der Waals surface area contributed by atoms with Crippen molar-refractivity contribution in [3.63, 3.8) is 0 Å². The molecule has 1 aromatic heterocycles. The summed E-state index contributed by atoms with van der Waals surface area (Å²) in [7, 11) is 1.99. The van der Waals surface area contributed by atoms with Gasteiger partial charge in [0.05, 0.1) is 18.5 Å². The van der Waals surface area contributed by atoms with Crippen LogP contribution in [0.25, 0.3) is 0 Å². The smallest absolute Gasteiger partial charge is 0.322 e. The number of likely N-dealkylation sites (N-methyl/N-ethyl adjacent to an activating group) is 1. The summed E-state index contributed by atoms with van der Waals surface area (Å²) in [6, 6.07) is 4.17. The summed E-state index contributed by atoms with van der Waals surface area (Å²) in [5.74, 6) is 0. The minimum Gasteiger partial charge on any atom is -0.395 e. The highest BCUT2D eigenvalue weighted by atomic mass is 16.3. The average Bonchev–Trinajstić information content (AvgIpc) is 2.89. The van der Waals surface area contributed by atoms with E-state index in [0.717, 1.165) is 18.7 Å². The quantitative estimate of drug-likeness (QED) is 0.886. The van der Waals surface area contributed by atoms with Gasteiger partial charge in [-0.1, -0.05) is 20.8 Å². The zero-order valence-corrected chi connectivity index (χ0v) is 15.4. The molecule has 1 aliphatic rings. The molecule has 2 N–H and O–H groups in total. The number of hydrogen-bond acceptors (Lipinski definition) is 4. The SMILES string of the molecule is C[C@@H]1[C@H](N(C)CCO)CCN1C(=O)Nc1ccc(C(C)(C)C)nc1. The molecule has 0 spiro atoms. The van der Waals surface area contributed by atoms with Crippen LogP contribution in [-0.4, -0.2) is 64.7 Å². The van der Waals surface area contributed by atoms with Gasteiger partial charge in [-0.05, 0) is 32.5 Å². The number of carbonyl (C=O) groups excluding carboxylic acids is 1. The number of hydrogen-bond donors (Lipinski definition) is 2. The van der Waals surface area contributed by atoms with Gasteiger partial charge in [-0.2, -0.15) is 0 Å². The van der Waals surface area contributed by atoms with Crippen LogP contribution in [0.15, 0.2) is 18.3 Å². The van der Waals surface area contributed by atoms with E-state index in [0.29, 0.717) is 12.2 Å². The largest absolute Gasteiger partial charge is 0.395 e. The van der Waals surface area contributed by atoms with Crippen LogP contribution in [0.5, 0.6) is 0 Å². The minimum absolute atomic E-state index is 0.00345. The van der Waals surface area contributed by atoms with Crippen molar-refractivity contribution in [3.8, 4) is 0 Å². The van der Waals surface area contributed by atoms with Crippen molar-refractivity contribution in [2.45, 2.75) is 51.6 Å². The van der Waals surface area contributed by atoms with Crippen molar-refractivity contribution in [2.24, 2.45) is 0 Å². The Morgan fingerprint density at radius 2 is 2.17 bits per heavy atom. The van der Waals surface area contributed by atoms with E-state index in [1.165, 1.54) is 0 Å². The molecule has 1 aliphatic heterocycles. The molecule has 24 heavy (non-hydrogen) atoms. The summed E-state index contributed by atoms with van der Waals surface area (Å²) >= 11 is 0. The topological polar surface area (TPSA) is 68.7 Å². The van der Waals surface area contributed by atoms with Crippen LogP contribution < -0.4 is 5.32 Å². The number of carbonyl (C=O) groups is 1. The lowest BCUT2D eigenvalue weighted by Crippen LogP contribution is -2.45. The van der Waals surface area contributed by atoms with Gasteiger partial charge in [-0.25, -0.2) is 4.79 Å². The summed E-state index contributed by atoms with van der Waals surface area (Å²) in [4.78, 5) is 21.0. The molecule has 0 saturated carbocycles. The number of nitrogens with one attached hydrogen (secondary N) is 1. The lowest BCUT2D eigenvalue weighted by molar-refractivity contribution is 0.153. The fourth-order valence-electron chi connectivity index (χ4n) is 3.23. The molecule has 2 heterocycles. The Kier molecular flexibility index (Phi) is 5.83. The number of aliphatic hydroxyl groups is 1. The standard InChI is InChI=1S/C18H30N4O2/c1-13-15(21(5)10-11-23)8-9-22(13)17(24)20-14-6-7-16(19-12-14)18(2,3)4/h6-7,12-13,15,23H,8-11H2,1-5H3,(H,20,24)/t13-,15-/m1/s1. The van der Waals surface area contributed by atoms with E-state index in [4.69, 9.17) is 5.11 Å². The van der Waals surface area contributed by atoms with E-state index in [1.807, 2.05) is 24.1 Å². The normalized spacial score (nSPS) is 21.4. The molecule has 0 unspecified atom stereocenters. The van der Waals surface area contributed by atoms with Crippen LogP contribution in [0.2, 0.25) is 0 Å². The summed E-state index contributed by atoms with van der Waals surface area (Å²) in [5.41, 5.74) is 1.71. The number of anilines is 1.